The molecule has 1 aliphatic rings. The smallest absolute Gasteiger partial charge is 0.317 e. The second-order valence-corrected chi connectivity index (χ2v) is 3.80. The summed E-state index contributed by atoms with van der Waals surface area (Å²) in [6.45, 7) is 3.88. The van der Waals surface area contributed by atoms with Gasteiger partial charge in [-0.2, -0.15) is 5.10 Å². The summed E-state index contributed by atoms with van der Waals surface area (Å²) in [4.78, 5) is 11.7. The summed E-state index contributed by atoms with van der Waals surface area (Å²) >= 11 is 0. The van der Waals surface area contributed by atoms with Crippen molar-refractivity contribution in [3.63, 3.8) is 0 Å². The van der Waals surface area contributed by atoms with Gasteiger partial charge in [0.05, 0.1) is 0 Å². The zero-order valence-corrected chi connectivity index (χ0v) is 8.66. The van der Waals surface area contributed by atoms with Gasteiger partial charge >= 0.3 is 5.69 Å². The van der Waals surface area contributed by atoms with E-state index in [-0.39, 0.29) is 5.69 Å². The molecule has 1 saturated heterocycles. The van der Waals surface area contributed by atoms with Crippen LogP contribution in [0, 0.1) is 6.92 Å². The van der Waals surface area contributed by atoms with Gasteiger partial charge in [-0.1, -0.05) is 0 Å². The molecule has 0 amide bonds. The molecule has 0 atom stereocenters. The van der Waals surface area contributed by atoms with Gasteiger partial charge in [-0.05, 0) is 32.9 Å². The molecule has 0 spiro atoms. The fourth-order valence-corrected chi connectivity index (χ4v) is 2.09. The van der Waals surface area contributed by atoms with Crippen molar-refractivity contribution in [3.8, 4) is 0 Å². The van der Waals surface area contributed by atoms with Gasteiger partial charge in [0.1, 0.15) is 5.82 Å². The maximum atomic E-state index is 11.7. The molecule has 78 valence electrons. The predicted octanol–water partition coefficient (Wildman–Crippen LogP) is -0.185. The SMILES string of the molecule is Cc1nn(C)c(=O)n1C1CCNCC1. The number of nitrogens with one attached hydrogen (secondary N) is 1. The minimum absolute atomic E-state index is 0.00870. The molecule has 5 nitrogen and oxygen atoms in total. The van der Waals surface area contributed by atoms with Crippen molar-refractivity contribution in [3.05, 3.63) is 16.3 Å². The van der Waals surface area contributed by atoms with Gasteiger partial charge in [0.25, 0.3) is 0 Å². The number of nitrogens with zero attached hydrogens (tertiary/aromatic N) is 3. The van der Waals surface area contributed by atoms with Crippen molar-refractivity contribution in [2.45, 2.75) is 25.8 Å². The first-order valence-electron chi connectivity index (χ1n) is 5.03. The molecule has 0 bridgehead atoms. The summed E-state index contributed by atoms with van der Waals surface area (Å²) in [7, 11) is 1.70. The van der Waals surface area contributed by atoms with Gasteiger partial charge in [0.2, 0.25) is 0 Å². The lowest BCUT2D eigenvalue weighted by molar-refractivity contribution is 0.354. The predicted molar refractivity (Wildman–Crippen MR) is 53.3 cm³/mol. The van der Waals surface area contributed by atoms with Crippen LogP contribution in [-0.2, 0) is 7.05 Å². The van der Waals surface area contributed by atoms with Crippen LogP contribution in [0.5, 0.6) is 0 Å². The van der Waals surface area contributed by atoms with E-state index < -0.39 is 0 Å². The first-order valence-corrected chi connectivity index (χ1v) is 5.03. The lowest BCUT2D eigenvalue weighted by atomic mass is 10.1. The van der Waals surface area contributed by atoms with Crippen molar-refractivity contribution in [2.75, 3.05) is 13.1 Å². The second kappa shape index (κ2) is 3.57. The third kappa shape index (κ3) is 1.48. The zero-order chi connectivity index (χ0) is 10.1. The maximum Gasteiger partial charge on any atom is 0.345 e. The zero-order valence-electron chi connectivity index (χ0n) is 8.66. The average molecular weight is 196 g/mol. The van der Waals surface area contributed by atoms with Crippen molar-refractivity contribution in [1.82, 2.24) is 19.7 Å². The third-order valence-corrected chi connectivity index (χ3v) is 2.80. The van der Waals surface area contributed by atoms with Gasteiger partial charge in [-0.15, -0.1) is 0 Å². The normalized spacial score (nSPS) is 18.7. The van der Waals surface area contributed by atoms with E-state index in [2.05, 4.69) is 10.4 Å². The summed E-state index contributed by atoms with van der Waals surface area (Å²) in [6, 6.07) is 0.331. The van der Waals surface area contributed by atoms with E-state index in [1.54, 1.807) is 7.05 Å². The van der Waals surface area contributed by atoms with Gasteiger partial charge in [0, 0.05) is 13.1 Å². The molecule has 1 aliphatic heterocycles. The Morgan fingerprint density at radius 1 is 1.43 bits per heavy atom. The third-order valence-electron chi connectivity index (χ3n) is 2.80. The van der Waals surface area contributed by atoms with Crippen LogP contribution in [0.2, 0.25) is 0 Å². The Hall–Kier alpha value is -1.10. The molecule has 14 heavy (non-hydrogen) atoms. The van der Waals surface area contributed by atoms with Crippen molar-refractivity contribution < 1.29 is 0 Å². The molecule has 1 aromatic rings. The Morgan fingerprint density at radius 3 is 2.57 bits per heavy atom. The quantitative estimate of drug-likeness (QED) is 0.677. The highest BCUT2D eigenvalue weighted by Crippen LogP contribution is 2.17. The van der Waals surface area contributed by atoms with E-state index >= 15 is 0 Å². The second-order valence-electron chi connectivity index (χ2n) is 3.80. The average Bonchev–Trinajstić information content (AvgIpc) is 2.43. The summed E-state index contributed by atoms with van der Waals surface area (Å²) in [6.07, 6.45) is 2.04. The van der Waals surface area contributed by atoms with E-state index in [9.17, 15) is 4.79 Å². The number of rotatable bonds is 1. The number of piperidine rings is 1. The fraction of sp³-hybridized carbons (Fsp3) is 0.778. The highest BCUT2D eigenvalue weighted by molar-refractivity contribution is 4.89. The number of hydrogen-bond donors (Lipinski definition) is 1. The number of aryl methyl sites for hydroxylation is 2. The lowest BCUT2D eigenvalue weighted by Crippen LogP contribution is -2.35. The molecule has 0 aromatic carbocycles. The van der Waals surface area contributed by atoms with Crippen LogP contribution in [-0.4, -0.2) is 27.4 Å². The summed E-state index contributed by atoms with van der Waals surface area (Å²) in [5.74, 6) is 0.824. The standard InChI is InChI=1S/C9H16N4O/c1-7-11-12(2)9(14)13(7)8-3-5-10-6-4-8/h8,10H,3-6H2,1-2H3. The maximum absolute atomic E-state index is 11.7. The summed E-state index contributed by atoms with van der Waals surface area (Å²) < 4.78 is 3.23. The minimum Gasteiger partial charge on any atom is -0.317 e. The molecule has 0 saturated carbocycles. The first-order chi connectivity index (χ1) is 6.70. The Labute approximate surface area is 82.7 Å². The topological polar surface area (TPSA) is 51.9 Å². The molecule has 0 radical (unpaired) electrons. The molecular weight excluding hydrogens is 180 g/mol. The fourth-order valence-electron chi connectivity index (χ4n) is 2.09. The Kier molecular flexibility index (Phi) is 2.41. The lowest BCUT2D eigenvalue weighted by Gasteiger charge is -2.23. The Morgan fingerprint density at radius 2 is 2.07 bits per heavy atom. The molecule has 2 heterocycles. The van der Waals surface area contributed by atoms with Gasteiger partial charge < -0.3 is 5.32 Å². The van der Waals surface area contributed by atoms with Gasteiger partial charge in [-0.25, -0.2) is 9.48 Å². The van der Waals surface area contributed by atoms with Crippen molar-refractivity contribution >= 4 is 0 Å². The molecule has 1 N–H and O–H groups in total. The van der Waals surface area contributed by atoms with Gasteiger partial charge in [0.15, 0.2) is 0 Å². The highest BCUT2D eigenvalue weighted by Gasteiger charge is 2.19. The number of aromatic nitrogens is 3. The van der Waals surface area contributed by atoms with E-state index in [1.165, 1.54) is 4.68 Å². The Balaban J connectivity index is 2.34. The van der Waals surface area contributed by atoms with Crippen LogP contribution in [0.15, 0.2) is 4.79 Å². The largest absolute Gasteiger partial charge is 0.345 e. The van der Waals surface area contributed by atoms with Crippen LogP contribution < -0.4 is 11.0 Å². The van der Waals surface area contributed by atoms with Crippen LogP contribution in [0.4, 0.5) is 0 Å². The molecule has 1 fully saturated rings. The molecule has 2 rings (SSSR count). The molecule has 1 aromatic heterocycles. The minimum atomic E-state index is 0.00870. The summed E-state index contributed by atoms with van der Waals surface area (Å²) in [5.41, 5.74) is 0.00870. The van der Waals surface area contributed by atoms with Crippen LogP contribution >= 0.6 is 0 Å². The van der Waals surface area contributed by atoms with Gasteiger partial charge in [-0.3, -0.25) is 4.57 Å². The molecular formula is C9H16N4O. The Bertz CT molecular complexity index is 373. The monoisotopic (exact) mass is 196 g/mol. The van der Waals surface area contributed by atoms with E-state index in [4.69, 9.17) is 0 Å². The van der Waals surface area contributed by atoms with Crippen LogP contribution in [0.1, 0.15) is 24.7 Å². The highest BCUT2D eigenvalue weighted by atomic mass is 16.2. The van der Waals surface area contributed by atoms with Crippen LogP contribution in [0.25, 0.3) is 0 Å². The molecule has 0 unspecified atom stereocenters. The summed E-state index contributed by atoms with van der Waals surface area (Å²) in [5, 5.41) is 7.42. The van der Waals surface area contributed by atoms with Crippen LogP contribution in [0.3, 0.4) is 0 Å². The number of hydrogen-bond acceptors (Lipinski definition) is 3. The van der Waals surface area contributed by atoms with E-state index in [0.717, 1.165) is 31.8 Å². The molecule has 0 aliphatic carbocycles. The van der Waals surface area contributed by atoms with Crippen molar-refractivity contribution in [2.24, 2.45) is 7.05 Å². The van der Waals surface area contributed by atoms with E-state index in [0.29, 0.717) is 6.04 Å². The first kappa shape index (κ1) is 9.45. The van der Waals surface area contributed by atoms with Crippen molar-refractivity contribution in [1.29, 1.82) is 0 Å². The van der Waals surface area contributed by atoms with E-state index in [1.807, 2.05) is 11.5 Å². The molecule has 5 heteroatoms.